The summed E-state index contributed by atoms with van der Waals surface area (Å²) in [5, 5.41) is 16.2. The number of methoxy groups -OCH3 is 1. The zero-order valence-corrected chi connectivity index (χ0v) is 15.7. The number of ether oxygens (including phenoxy) is 2. The number of hydrogen-bond donors (Lipinski definition) is 0. The van der Waals surface area contributed by atoms with E-state index in [1.54, 1.807) is 7.05 Å². The largest absolute Gasteiger partial charge is 0.493 e. The van der Waals surface area contributed by atoms with Crippen molar-refractivity contribution in [1.82, 2.24) is 35.0 Å². The van der Waals surface area contributed by atoms with Crippen molar-refractivity contribution in [2.24, 2.45) is 7.05 Å². The predicted molar refractivity (Wildman–Crippen MR) is 95.2 cm³/mol. The Morgan fingerprint density at radius 2 is 1.96 bits per heavy atom. The van der Waals surface area contributed by atoms with E-state index in [2.05, 4.69) is 30.2 Å². The van der Waals surface area contributed by atoms with Crippen molar-refractivity contribution < 1.29 is 14.3 Å². The fourth-order valence-corrected chi connectivity index (χ4v) is 2.77. The van der Waals surface area contributed by atoms with Gasteiger partial charge in [0, 0.05) is 18.5 Å². The summed E-state index contributed by atoms with van der Waals surface area (Å²) in [6.07, 6.45) is 2.00. The average Bonchev–Trinajstić information content (AvgIpc) is 3.28. The quantitative estimate of drug-likeness (QED) is 0.452. The Morgan fingerprint density at radius 1 is 1.22 bits per heavy atom. The Balaban J connectivity index is 1.62. The third-order valence-corrected chi connectivity index (χ3v) is 3.97. The normalized spacial score (nSPS) is 10.8. The maximum atomic E-state index is 11.6. The Bertz CT molecular complexity index is 925. The van der Waals surface area contributed by atoms with Gasteiger partial charge < -0.3 is 9.47 Å². The van der Waals surface area contributed by atoms with Crippen molar-refractivity contribution in [3.05, 3.63) is 35.4 Å². The highest BCUT2D eigenvalue weighted by molar-refractivity contribution is 5.85. The molecule has 0 aliphatic heterocycles. The average molecular weight is 371 g/mol. The van der Waals surface area contributed by atoms with Crippen molar-refractivity contribution in [3.8, 4) is 17.1 Å². The Labute approximate surface area is 156 Å². The second-order valence-electron chi connectivity index (χ2n) is 6.04. The first-order valence-corrected chi connectivity index (χ1v) is 8.44. The molecule has 0 aliphatic carbocycles. The molecule has 0 aliphatic rings. The summed E-state index contributed by atoms with van der Waals surface area (Å²) in [5.41, 5.74) is 2.89. The van der Waals surface area contributed by atoms with Crippen LogP contribution in [0.25, 0.3) is 11.4 Å². The number of esters is 1. The fourth-order valence-electron chi connectivity index (χ4n) is 2.77. The van der Waals surface area contributed by atoms with Gasteiger partial charge in [0.1, 0.15) is 12.1 Å². The van der Waals surface area contributed by atoms with Crippen LogP contribution in [0, 0.1) is 13.8 Å². The van der Waals surface area contributed by atoms with Crippen LogP contribution in [0.5, 0.6) is 5.75 Å². The highest BCUT2D eigenvalue weighted by Gasteiger charge is 2.14. The second kappa shape index (κ2) is 7.94. The van der Waals surface area contributed by atoms with Gasteiger partial charge in [0.25, 0.3) is 0 Å². The maximum Gasteiger partial charge on any atom is 0.375 e. The standard InChI is InChI=1S/C17H21N7O3/c1-11-8-13(15-20-22-23(3)21-15)9-12(2)14(11)27-7-5-6-24-16(17(25)26-4)18-10-19-24/h8-10H,5-7H2,1-4H3. The number of tetrazole rings is 1. The summed E-state index contributed by atoms with van der Waals surface area (Å²) in [6.45, 7) is 4.94. The highest BCUT2D eigenvalue weighted by Crippen LogP contribution is 2.28. The van der Waals surface area contributed by atoms with Gasteiger partial charge in [-0.25, -0.2) is 14.5 Å². The first kappa shape index (κ1) is 18.5. The van der Waals surface area contributed by atoms with Crippen molar-refractivity contribution >= 4 is 5.97 Å². The van der Waals surface area contributed by atoms with E-state index < -0.39 is 5.97 Å². The second-order valence-corrected chi connectivity index (χ2v) is 6.04. The lowest BCUT2D eigenvalue weighted by Crippen LogP contribution is -2.15. The van der Waals surface area contributed by atoms with Crippen LogP contribution in [0.1, 0.15) is 28.2 Å². The number of hydrogen-bond acceptors (Lipinski definition) is 8. The highest BCUT2D eigenvalue weighted by atomic mass is 16.5. The van der Waals surface area contributed by atoms with Gasteiger partial charge in [0.2, 0.25) is 11.6 Å². The number of aryl methyl sites for hydroxylation is 4. The summed E-state index contributed by atoms with van der Waals surface area (Å²) in [5.74, 6) is 1.09. The van der Waals surface area contributed by atoms with Crippen molar-refractivity contribution in [1.29, 1.82) is 0 Å². The van der Waals surface area contributed by atoms with Crippen LogP contribution in [-0.2, 0) is 18.3 Å². The topological polar surface area (TPSA) is 110 Å². The minimum absolute atomic E-state index is 0.186. The van der Waals surface area contributed by atoms with E-state index in [4.69, 9.17) is 4.74 Å². The number of carbonyl (C=O) groups is 1. The summed E-state index contributed by atoms with van der Waals surface area (Å²) in [7, 11) is 3.05. The first-order valence-electron chi connectivity index (χ1n) is 8.44. The SMILES string of the molecule is COC(=O)c1ncnn1CCCOc1c(C)cc(-c2nnn(C)n2)cc1C. The van der Waals surface area contributed by atoms with E-state index in [1.807, 2.05) is 26.0 Å². The van der Waals surface area contributed by atoms with Gasteiger partial charge in [-0.3, -0.25) is 0 Å². The van der Waals surface area contributed by atoms with Crippen molar-refractivity contribution in [2.45, 2.75) is 26.8 Å². The number of carbonyl (C=O) groups excluding carboxylic acids is 1. The van der Waals surface area contributed by atoms with Crippen LogP contribution in [0.3, 0.4) is 0 Å². The van der Waals surface area contributed by atoms with E-state index in [-0.39, 0.29) is 5.82 Å². The van der Waals surface area contributed by atoms with Crippen LogP contribution in [-0.4, -0.2) is 54.7 Å². The Hall–Kier alpha value is -3.30. The summed E-state index contributed by atoms with van der Waals surface area (Å²) >= 11 is 0. The lowest BCUT2D eigenvalue weighted by molar-refractivity contribution is 0.0578. The fraction of sp³-hybridized carbons (Fsp3) is 0.412. The van der Waals surface area contributed by atoms with Crippen LogP contribution in [0.2, 0.25) is 0 Å². The molecule has 3 rings (SSSR count). The molecule has 0 radical (unpaired) electrons. The molecule has 0 saturated carbocycles. The van der Waals surface area contributed by atoms with E-state index in [1.165, 1.54) is 22.9 Å². The molecule has 27 heavy (non-hydrogen) atoms. The third kappa shape index (κ3) is 4.10. The molecule has 10 nitrogen and oxygen atoms in total. The van der Waals surface area contributed by atoms with Gasteiger partial charge in [-0.15, -0.1) is 10.2 Å². The minimum atomic E-state index is -0.506. The third-order valence-electron chi connectivity index (χ3n) is 3.97. The number of benzene rings is 1. The van der Waals surface area contributed by atoms with Gasteiger partial charge in [0.15, 0.2) is 0 Å². The molecule has 0 bridgehead atoms. The predicted octanol–water partition coefficient (Wildman–Crippen LogP) is 1.34. The summed E-state index contributed by atoms with van der Waals surface area (Å²) < 4.78 is 12.1. The number of nitrogens with zero attached hydrogens (tertiary/aromatic N) is 7. The lowest BCUT2D eigenvalue weighted by atomic mass is 10.1. The monoisotopic (exact) mass is 371 g/mol. The molecule has 2 aromatic heterocycles. The zero-order valence-electron chi connectivity index (χ0n) is 15.7. The van der Waals surface area contributed by atoms with E-state index in [0.29, 0.717) is 25.4 Å². The molecule has 0 atom stereocenters. The first-order chi connectivity index (χ1) is 13.0. The maximum absolute atomic E-state index is 11.6. The Morgan fingerprint density at radius 3 is 2.59 bits per heavy atom. The smallest absolute Gasteiger partial charge is 0.375 e. The molecule has 0 amide bonds. The summed E-state index contributed by atoms with van der Waals surface area (Å²) in [6, 6.07) is 3.96. The molecule has 1 aromatic carbocycles. The lowest BCUT2D eigenvalue weighted by Gasteiger charge is -2.13. The minimum Gasteiger partial charge on any atom is -0.493 e. The molecule has 142 valence electrons. The van der Waals surface area contributed by atoms with Crippen LogP contribution < -0.4 is 4.74 Å². The van der Waals surface area contributed by atoms with E-state index >= 15 is 0 Å². The molecular formula is C17H21N7O3. The zero-order chi connectivity index (χ0) is 19.4. The molecule has 0 fully saturated rings. The molecule has 0 unspecified atom stereocenters. The van der Waals surface area contributed by atoms with E-state index in [9.17, 15) is 4.79 Å². The van der Waals surface area contributed by atoms with Crippen LogP contribution in [0.15, 0.2) is 18.5 Å². The van der Waals surface area contributed by atoms with Crippen molar-refractivity contribution in [2.75, 3.05) is 13.7 Å². The van der Waals surface area contributed by atoms with Crippen molar-refractivity contribution in [3.63, 3.8) is 0 Å². The van der Waals surface area contributed by atoms with Crippen LogP contribution in [0.4, 0.5) is 0 Å². The van der Waals surface area contributed by atoms with Gasteiger partial charge in [-0.05, 0) is 42.3 Å². The molecule has 0 saturated heterocycles. The van der Waals surface area contributed by atoms with Crippen LogP contribution >= 0.6 is 0 Å². The van der Waals surface area contributed by atoms with Gasteiger partial charge >= 0.3 is 5.97 Å². The van der Waals surface area contributed by atoms with Gasteiger partial charge in [-0.2, -0.15) is 9.90 Å². The van der Waals surface area contributed by atoms with Gasteiger partial charge in [0.05, 0.1) is 20.8 Å². The molecule has 0 spiro atoms. The Kier molecular flexibility index (Phi) is 5.43. The van der Waals surface area contributed by atoms with E-state index in [0.717, 1.165) is 22.4 Å². The molecule has 0 N–H and O–H groups in total. The summed E-state index contributed by atoms with van der Waals surface area (Å²) in [4.78, 5) is 16.9. The molecule has 3 aromatic rings. The molecule has 10 heteroatoms. The number of aromatic nitrogens is 7. The van der Waals surface area contributed by atoms with Gasteiger partial charge in [-0.1, -0.05) is 0 Å². The number of rotatable bonds is 7. The molecule has 2 heterocycles. The molecular weight excluding hydrogens is 350 g/mol.